The third-order valence-electron chi connectivity index (χ3n) is 4.56. The molecule has 0 aliphatic carbocycles. The fourth-order valence-corrected chi connectivity index (χ4v) is 4.49. The summed E-state index contributed by atoms with van der Waals surface area (Å²) in [6.07, 6.45) is 0. The van der Waals surface area contributed by atoms with E-state index in [4.69, 9.17) is 0 Å². The molecule has 0 saturated heterocycles. The molecular formula is C24H14Br4. The predicted octanol–water partition coefficient (Wildman–Crippen LogP) is 9.74. The zero-order valence-electron chi connectivity index (χ0n) is 14.6. The quantitative estimate of drug-likeness (QED) is 0.214. The maximum atomic E-state index is 3.66. The fourth-order valence-electron chi connectivity index (χ4n) is 3.24. The van der Waals surface area contributed by atoms with E-state index in [0.29, 0.717) is 0 Å². The van der Waals surface area contributed by atoms with Crippen LogP contribution in [0.2, 0.25) is 0 Å². The van der Waals surface area contributed by atoms with Crippen molar-refractivity contribution in [3.63, 3.8) is 0 Å². The third kappa shape index (κ3) is 4.35. The Balaban J connectivity index is 1.97. The molecule has 4 rings (SSSR count). The Morgan fingerprint density at radius 1 is 0.321 bits per heavy atom. The van der Waals surface area contributed by atoms with E-state index in [2.05, 4.69) is 149 Å². The lowest BCUT2D eigenvalue weighted by atomic mass is 9.89. The van der Waals surface area contributed by atoms with E-state index in [9.17, 15) is 0 Å². The molecule has 28 heavy (non-hydrogen) atoms. The zero-order chi connectivity index (χ0) is 19.7. The summed E-state index contributed by atoms with van der Waals surface area (Å²) < 4.78 is 4.27. The Bertz CT molecular complexity index is 1040. The highest BCUT2D eigenvalue weighted by Gasteiger charge is 2.14. The summed E-state index contributed by atoms with van der Waals surface area (Å²) in [7, 11) is 0. The molecule has 0 amide bonds. The van der Waals surface area contributed by atoms with Crippen molar-refractivity contribution in [3.8, 4) is 33.4 Å². The van der Waals surface area contributed by atoms with Crippen LogP contribution in [0.1, 0.15) is 0 Å². The molecule has 0 aliphatic rings. The van der Waals surface area contributed by atoms with Gasteiger partial charge in [-0.25, -0.2) is 0 Å². The minimum Gasteiger partial charge on any atom is -0.0532 e. The highest BCUT2D eigenvalue weighted by atomic mass is 79.9. The van der Waals surface area contributed by atoms with Crippen LogP contribution in [0.3, 0.4) is 0 Å². The van der Waals surface area contributed by atoms with E-state index in [1.807, 2.05) is 0 Å². The van der Waals surface area contributed by atoms with Crippen molar-refractivity contribution in [1.82, 2.24) is 0 Å². The van der Waals surface area contributed by atoms with Gasteiger partial charge in [-0.05, 0) is 81.9 Å². The van der Waals surface area contributed by atoms with Crippen molar-refractivity contribution in [3.05, 3.63) is 103 Å². The lowest BCUT2D eigenvalue weighted by Crippen LogP contribution is -1.90. The van der Waals surface area contributed by atoms with Gasteiger partial charge in [0.25, 0.3) is 0 Å². The second-order valence-corrected chi connectivity index (χ2v) is 10.1. The van der Waals surface area contributed by atoms with Crippen molar-refractivity contribution in [1.29, 1.82) is 0 Å². The molecule has 4 heteroatoms. The van der Waals surface area contributed by atoms with E-state index in [1.54, 1.807) is 0 Å². The van der Waals surface area contributed by atoms with Crippen molar-refractivity contribution in [2.45, 2.75) is 0 Å². The van der Waals surface area contributed by atoms with Crippen LogP contribution in [0, 0.1) is 0 Å². The molecule has 0 fully saturated rings. The molecule has 0 unspecified atom stereocenters. The van der Waals surface area contributed by atoms with Gasteiger partial charge in [0.2, 0.25) is 0 Å². The van der Waals surface area contributed by atoms with Crippen LogP contribution < -0.4 is 0 Å². The fraction of sp³-hybridized carbons (Fsp3) is 0. The Labute approximate surface area is 198 Å². The first-order valence-corrected chi connectivity index (χ1v) is 11.8. The van der Waals surface area contributed by atoms with Gasteiger partial charge < -0.3 is 0 Å². The van der Waals surface area contributed by atoms with Crippen LogP contribution in [-0.2, 0) is 0 Å². The SMILES string of the molecule is Brc1ccc(-c2ccc(Br)cc2-c2cc(Br)ccc2-c2ccc(Br)cc2)cc1. The number of hydrogen-bond acceptors (Lipinski definition) is 0. The van der Waals surface area contributed by atoms with E-state index < -0.39 is 0 Å². The van der Waals surface area contributed by atoms with Gasteiger partial charge in [0.1, 0.15) is 0 Å². The first-order chi connectivity index (χ1) is 13.5. The van der Waals surface area contributed by atoms with E-state index in [-0.39, 0.29) is 0 Å². The second kappa shape index (κ2) is 8.66. The van der Waals surface area contributed by atoms with Crippen LogP contribution >= 0.6 is 63.7 Å². The van der Waals surface area contributed by atoms with Gasteiger partial charge in [-0.2, -0.15) is 0 Å². The van der Waals surface area contributed by atoms with Crippen molar-refractivity contribution < 1.29 is 0 Å². The van der Waals surface area contributed by atoms with Gasteiger partial charge in [0.05, 0.1) is 0 Å². The molecule has 4 aromatic rings. The summed E-state index contributed by atoms with van der Waals surface area (Å²) in [6, 6.07) is 29.8. The lowest BCUT2D eigenvalue weighted by molar-refractivity contribution is 1.52. The van der Waals surface area contributed by atoms with Crippen LogP contribution in [0.4, 0.5) is 0 Å². The second-order valence-electron chi connectivity index (χ2n) is 6.39. The Hall–Kier alpha value is -1.20. The van der Waals surface area contributed by atoms with Crippen LogP contribution in [0.15, 0.2) is 103 Å². The average Bonchev–Trinajstić information content (AvgIpc) is 2.69. The smallest absolute Gasteiger partial charge is 0.0181 e. The normalized spacial score (nSPS) is 10.9. The zero-order valence-corrected chi connectivity index (χ0v) is 20.9. The highest BCUT2D eigenvalue weighted by molar-refractivity contribution is 9.11. The van der Waals surface area contributed by atoms with Gasteiger partial charge in [-0.3, -0.25) is 0 Å². The Morgan fingerprint density at radius 3 is 1.00 bits per heavy atom. The molecule has 0 aromatic heterocycles. The van der Waals surface area contributed by atoms with Crippen molar-refractivity contribution >= 4 is 63.7 Å². The summed E-state index contributed by atoms with van der Waals surface area (Å²) >= 11 is 14.4. The maximum Gasteiger partial charge on any atom is 0.0181 e. The highest BCUT2D eigenvalue weighted by Crippen LogP contribution is 2.41. The molecule has 0 nitrogen and oxygen atoms in total. The minimum atomic E-state index is 1.06. The first kappa shape index (κ1) is 20.1. The average molecular weight is 622 g/mol. The summed E-state index contributed by atoms with van der Waals surface area (Å²) in [6.45, 7) is 0. The number of benzene rings is 4. The Morgan fingerprint density at radius 2 is 0.643 bits per heavy atom. The van der Waals surface area contributed by atoms with Gasteiger partial charge >= 0.3 is 0 Å². The van der Waals surface area contributed by atoms with E-state index >= 15 is 0 Å². The molecule has 138 valence electrons. The minimum absolute atomic E-state index is 1.06. The molecule has 0 atom stereocenters. The standard InChI is InChI=1S/C24H14Br4/c25-17-5-1-15(2-6-17)21-11-9-19(27)13-23(21)24-14-20(28)10-12-22(24)16-3-7-18(26)8-4-16/h1-14H. The van der Waals surface area contributed by atoms with E-state index in [0.717, 1.165) is 17.9 Å². The topological polar surface area (TPSA) is 0 Å². The number of hydrogen-bond donors (Lipinski definition) is 0. The third-order valence-corrected chi connectivity index (χ3v) is 6.61. The lowest BCUT2D eigenvalue weighted by Gasteiger charge is -2.16. The van der Waals surface area contributed by atoms with Crippen molar-refractivity contribution in [2.75, 3.05) is 0 Å². The molecule has 0 saturated carbocycles. The predicted molar refractivity (Wildman–Crippen MR) is 134 cm³/mol. The summed E-state index contributed by atoms with van der Waals surface area (Å²) in [4.78, 5) is 0. The van der Waals surface area contributed by atoms with Crippen LogP contribution in [0.5, 0.6) is 0 Å². The molecule has 0 radical (unpaired) electrons. The molecule has 0 N–H and O–H groups in total. The van der Waals surface area contributed by atoms with Gasteiger partial charge in [-0.15, -0.1) is 0 Å². The van der Waals surface area contributed by atoms with Gasteiger partial charge in [0, 0.05) is 17.9 Å². The van der Waals surface area contributed by atoms with Gasteiger partial charge in [-0.1, -0.05) is 100 Å². The first-order valence-electron chi connectivity index (χ1n) is 8.62. The molecule has 4 aromatic carbocycles. The van der Waals surface area contributed by atoms with Crippen molar-refractivity contribution in [2.24, 2.45) is 0 Å². The maximum absolute atomic E-state index is 3.66. The summed E-state index contributed by atoms with van der Waals surface area (Å²) in [5.41, 5.74) is 7.16. The van der Waals surface area contributed by atoms with Crippen LogP contribution in [-0.4, -0.2) is 0 Å². The largest absolute Gasteiger partial charge is 0.0532 e. The molecule has 0 heterocycles. The summed E-state index contributed by atoms with van der Waals surface area (Å²) in [5.74, 6) is 0. The molecular weight excluding hydrogens is 608 g/mol. The van der Waals surface area contributed by atoms with Gasteiger partial charge in [0.15, 0.2) is 0 Å². The Kier molecular flexibility index (Phi) is 6.21. The number of rotatable bonds is 3. The number of halogens is 4. The monoisotopic (exact) mass is 618 g/mol. The molecule has 0 aliphatic heterocycles. The molecule has 0 bridgehead atoms. The molecule has 0 spiro atoms. The van der Waals surface area contributed by atoms with Crippen LogP contribution in [0.25, 0.3) is 33.4 Å². The summed E-state index contributed by atoms with van der Waals surface area (Å²) in [5, 5.41) is 0. The van der Waals surface area contributed by atoms with E-state index in [1.165, 1.54) is 33.4 Å².